The Kier molecular flexibility index (Phi) is 3.91. The van der Waals surface area contributed by atoms with Gasteiger partial charge in [-0.25, -0.2) is 4.98 Å². The summed E-state index contributed by atoms with van der Waals surface area (Å²) in [6.07, 6.45) is 1.62. The third kappa shape index (κ3) is 3.14. The van der Waals surface area contributed by atoms with Gasteiger partial charge in [0, 0.05) is 15.5 Å². The second-order valence-electron chi connectivity index (χ2n) is 3.57. The van der Waals surface area contributed by atoms with Crippen molar-refractivity contribution >= 4 is 33.2 Å². The molecule has 0 aliphatic rings. The van der Waals surface area contributed by atoms with Gasteiger partial charge < -0.3 is 5.32 Å². The highest BCUT2D eigenvalue weighted by Crippen LogP contribution is 2.15. The maximum Gasteiger partial charge on any atom is 0.270 e. The molecule has 0 bridgehead atoms. The Balaban J connectivity index is 1.98. The number of pyridine rings is 1. The van der Waals surface area contributed by atoms with Crippen molar-refractivity contribution in [2.24, 2.45) is 0 Å². The molecule has 1 N–H and O–H groups in total. The minimum absolute atomic E-state index is 0.148. The molecule has 5 heteroatoms. The largest absolute Gasteiger partial charge is 0.346 e. The van der Waals surface area contributed by atoms with Crippen molar-refractivity contribution in [1.29, 1.82) is 0 Å². The van der Waals surface area contributed by atoms with Crippen molar-refractivity contribution < 1.29 is 4.79 Å². The fourth-order valence-corrected chi connectivity index (χ4v) is 2.43. The Bertz CT molecular complexity index is 522. The minimum atomic E-state index is -0.148. The topological polar surface area (TPSA) is 42.0 Å². The average Bonchev–Trinajstić information content (AvgIpc) is 2.73. The summed E-state index contributed by atoms with van der Waals surface area (Å²) in [5.41, 5.74) is 1.64. The van der Waals surface area contributed by atoms with Crippen LogP contribution in [0.4, 0.5) is 0 Å². The molecule has 0 aromatic carbocycles. The van der Waals surface area contributed by atoms with Gasteiger partial charge in [-0.2, -0.15) is 0 Å². The molecule has 0 unspecified atom stereocenters. The van der Waals surface area contributed by atoms with Crippen molar-refractivity contribution in [3.8, 4) is 0 Å². The standard InChI is InChI=1S/C12H11BrN2OS/c1-8-4-5-17-11(8)7-15-12(16)10-3-2-9(13)6-14-10/h2-6H,7H2,1H3,(H,15,16). The number of carbonyl (C=O) groups is 1. The van der Waals surface area contributed by atoms with Crippen LogP contribution >= 0.6 is 27.3 Å². The van der Waals surface area contributed by atoms with Crippen LogP contribution in [0.3, 0.4) is 0 Å². The van der Waals surface area contributed by atoms with Crippen molar-refractivity contribution in [3.63, 3.8) is 0 Å². The Labute approximate surface area is 112 Å². The monoisotopic (exact) mass is 310 g/mol. The lowest BCUT2D eigenvalue weighted by Gasteiger charge is -2.04. The highest BCUT2D eigenvalue weighted by atomic mass is 79.9. The second kappa shape index (κ2) is 5.42. The van der Waals surface area contributed by atoms with E-state index in [1.54, 1.807) is 29.7 Å². The predicted octanol–water partition coefficient (Wildman–Crippen LogP) is 3.14. The van der Waals surface area contributed by atoms with E-state index in [9.17, 15) is 4.79 Å². The molecule has 17 heavy (non-hydrogen) atoms. The van der Waals surface area contributed by atoms with Crippen molar-refractivity contribution in [1.82, 2.24) is 10.3 Å². The molecule has 0 radical (unpaired) electrons. The van der Waals surface area contributed by atoms with Gasteiger partial charge in [-0.15, -0.1) is 11.3 Å². The molecule has 2 aromatic heterocycles. The van der Waals surface area contributed by atoms with Gasteiger partial charge >= 0.3 is 0 Å². The van der Waals surface area contributed by atoms with Gasteiger partial charge in [0.25, 0.3) is 5.91 Å². The van der Waals surface area contributed by atoms with Gasteiger partial charge in [-0.05, 0) is 52.0 Å². The van der Waals surface area contributed by atoms with Gasteiger partial charge in [-0.1, -0.05) is 0 Å². The lowest BCUT2D eigenvalue weighted by molar-refractivity contribution is 0.0946. The van der Waals surface area contributed by atoms with Crippen LogP contribution in [0.5, 0.6) is 0 Å². The van der Waals surface area contributed by atoms with Crippen LogP contribution in [-0.2, 0) is 6.54 Å². The summed E-state index contributed by atoms with van der Waals surface area (Å²) in [5.74, 6) is -0.148. The Morgan fingerprint density at radius 3 is 2.88 bits per heavy atom. The van der Waals surface area contributed by atoms with E-state index in [1.807, 2.05) is 18.4 Å². The number of rotatable bonds is 3. The lowest BCUT2D eigenvalue weighted by atomic mass is 10.3. The molecule has 2 aromatic rings. The highest BCUT2D eigenvalue weighted by Gasteiger charge is 2.07. The smallest absolute Gasteiger partial charge is 0.270 e. The number of aromatic nitrogens is 1. The first-order valence-corrected chi connectivity index (χ1v) is 6.77. The average molecular weight is 311 g/mol. The summed E-state index contributed by atoms with van der Waals surface area (Å²) in [7, 11) is 0. The van der Waals surface area contributed by atoms with Crippen molar-refractivity contribution in [2.45, 2.75) is 13.5 Å². The summed E-state index contributed by atoms with van der Waals surface area (Å²) in [5, 5.41) is 4.88. The summed E-state index contributed by atoms with van der Waals surface area (Å²) in [6, 6.07) is 5.54. The van der Waals surface area contributed by atoms with E-state index in [0.29, 0.717) is 12.2 Å². The van der Waals surface area contributed by atoms with E-state index in [0.717, 1.165) is 4.47 Å². The Hall–Kier alpha value is -1.20. The first-order valence-electron chi connectivity index (χ1n) is 5.09. The van der Waals surface area contributed by atoms with Crippen molar-refractivity contribution in [3.05, 3.63) is 50.4 Å². The summed E-state index contributed by atoms with van der Waals surface area (Å²) in [6.45, 7) is 2.59. The number of thiophene rings is 1. The first kappa shape index (κ1) is 12.3. The molecule has 2 rings (SSSR count). The number of hydrogen-bond donors (Lipinski definition) is 1. The fourth-order valence-electron chi connectivity index (χ4n) is 1.35. The maximum atomic E-state index is 11.8. The number of nitrogens with one attached hydrogen (secondary N) is 1. The molecule has 88 valence electrons. The SMILES string of the molecule is Cc1ccsc1CNC(=O)c1ccc(Br)cn1. The van der Waals surface area contributed by atoms with Crippen LogP contribution < -0.4 is 5.32 Å². The third-order valence-electron chi connectivity index (χ3n) is 2.34. The molecule has 0 aliphatic heterocycles. The van der Waals surface area contributed by atoms with E-state index in [2.05, 4.69) is 26.2 Å². The van der Waals surface area contributed by atoms with E-state index in [4.69, 9.17) is 0 Å². The molecule has 1 amide bonds. The minimum Gasteiger partial charge on any atom is -0.346 e. The zero-order valence-corrected chi connectivity index (χ0v) is 11.6. The van der Waals surface area contributed by atoms with E-state index >= 15 is 0 Å². The molecule has 0 saturated carbocycles. The number of nitrogens with zero attached hydrogens (tertiary/aromatic N) is 1. The summed E-state index contributed by atoms with van der Waals surface area (Å²) >= 11 is 4.93. The van der Waals surface area contributed by atoms with Gasteiger partial charge in [0.15, 0.2) is 0 Å². The molecule has 0 spiro atoms. The first-order chi connectivity index (χ1) is 8.16. The highest BCUT2D eigenvalue weighted by molar-refractivity contribution is 9.10. The molecular weight excluding hydrogens is 300 g/mol. The quantitative estimate of drug-likeness (QED) is 0.946. The van der Waals surface area contributed by atoms with Crippen molar-refractivity contribution in [2.75, 3.05) is 0 Å². The van der Waals surface area contributed by atoms with Crippen LogP contribution in [-0.4, -0.2) is 10.9 Å². The van der Waals surface area contributed by atoms with E-state index in [1.165, 1.54) is 10.4 Å². The number of carbonyl (C=O) groups excluding carboxylic acids is 1. The predicted molar refractivity (Wildman–Crippen MR) is 72.2 cm³/mol. The normalized spacial score (nSPS) is 10.2. The van der Waals surface area contributed by atoms with Crippen LogP contribution in [0.2, 0.25) is 0 Å². The van der Waals surface area contributed by atoms with E-state index < -0.39 is 0 Å². The number of hydrogen-bond acceptors (Lipinski definition) is 3. The Morgan fingerprint density at radius 2 is 2.29 bits per heavy atom. The van der Waals surface area contributed by atoms with Gasteiger partial charge in [0.05, 0.1) is 6.54 Å². The second-order valence-corrected chi connectivity index (χ2v) is 5.49. The number of halogens is 1. The zero-order valence-electron chi connectivity index (χ0n) is 9.24. The molecule has 0 saturated heterocycles. The molecule has 0 fully saturated rings. The maximum absolute atomic E-state index is 11.8. The summed E-state index contributed by atoms with van der Waals surface area (Å²) < 4.78 is 0.864. The number of aryl methyl sites for hydroxylation is 1. The molecule has 3 nitrogen and oxygen atoms in total. The zero-order chi connectivity index (χ0) is 12.3. The summed E-state index contributed by atoms with van der Waals surface area (Å²) in [4.78, 5) is 17.0. The van der Waals surface area contributed by atoms with Crippen LogP contribution in [0.1, 0.15) is 20.9 Å². The van der Waals surface area contributed by atoms with E-state index in [-0.39, 0.29) is 5.91 Å². The number of amides is 1. The third-order valence-corrected chi connectivity index (χ3v) is 3.83. The molecular formula is C12H11BrN2OS. The molecule has 0 aliphatic carbocycles. The lowest BCUT2D eigenvalue weighted by Crippen LogP contribution is -2.23. The van der Waals surface area contributed by atoms with Crippen LogP contribution in [0.25, 0.3) is 0 Å². The fraction of sp³-hybridized carbons (Fsp3) is 0.167. The van der Waals surface area contributed by atoms with Gasteiger partial charge in [-0.3, -0.25) is 4.79 Å². The molecule has 2 heterocycles. The van der Waals surface area contributed by atoms with Gasteiger partial charge in [0.1, 0.15) is 5.69 Å². The molecule has 0 atom stereocenters. The van der Waals surface area contributed by atoms with Crippen LogP contribution in [0, 0.1) is 6.92 Å². The van der Waals surface area contributed by atoms with Gasteiger partial charge in [0.2, 0.25) is 0 Å². The van der Waals surface area contributed by atoms with Crippen LogP contribution in [0.15, 0.2) is 34.2 Å². The Morgan fingerprint density at radius 1 is 1.47 bits per heavy atom.